The zero-order valence-electron chi connectivity index (χ0n) is 16.4. The molecule has 146 valence electrons. The maximum absolute atomic E-state index is 13.0. The van der Waals surface area contributed by atoms with Gasteiger partial charge in [-0.1, -0.05) is 37.7 Å². The summed E-state index contributed by atoms with van der Waals surface area (Å²) in [6.07, 6.45) is 5.78. The molecule has 6 heteroatoms. The summed E-state index contributed by atoms with van der Waals surface area (Å²) in [5, 5.41) is 9.58. The second-order valence-electron chi connectivity index (χ2n) is 7.19. The number of carbonyl (C=O) groups is 1. The van der Waals surface area contributed by atoms with Crippen LogP contribution in [0.1, 0.15) is 65.7 Å². The van der Waals surface area contributed by atoms with E-state index in [1.807, 2.05) is 18.2 Å². The number of furan rings is 1. The summed E-state index contributed by atoms with van der Waals surface area (Å²) in [6.45, 7) is 4.81. The highest BCUT2D eigenvalue weighted by Crippen LogP contribution is 2.40. The van der Waals surface area contributed by atoms with E-state index >= 15 is 0 Å². The number of thioether (sulfide) groups is 1. The normalized spacial score (nSPS) is 13.8. The van der Waals surface area contributed by atoms with E-state index < -0.39 is 0 Å². The Morgan fingerprint density at radius 1 is 1.21 bits per heavy atom. The highest BCUT2D eigenvalue weighted by Gasteiger charge is 2.31. The van der Waals surface area contributed by atoms with Gasteiger partial charge in [-0.2, -0.15) is 0 Å². The van der Waals surface area contributed by atoms with Crippen molar-refractivity contribution in [1.82, 2.24) is 14.8 Å². The summed E-state index contributed by atoms with van der Waals surface area (Å²) in [5.41, 5.74) is 3.15. The Morgan fingerprint density at radius 2 is 2.07 bits per heavy atom. The lowest BCUT2D eigenvalue weighted by molar-refractivity contribution is 0.102. The minimum absolute atomic E-state index is 0.151. The Kier molecular flexibility index (Phi) is 5.67. The minimum Gasteiger partial charge on any atom is -0.467 e. The predicted octanol–water partition coefficient (Wildman–Crippen LogP) is 4.90. The zero-order chi connectivity index (χ0) is 19.5. The van der Waals surface area contributed by atoms with Gasteiger partial charge in [0.15, 0.2) is 10.9 Å². The van der Waals surface area contributed by atoms with E-state index in [1.54, 1.807) is 6.26 Å². The lowest BCUT2D eigenvalue weighted by Gasteiger charge is -2.10. The average Bonchev–Trinajstić information content (AvgIpc) is 3.29. The van der Waals surface area contributed by atoms with Crippen LogP contribution in [-0.2, 0) is 19.4 Å². The van der Waals surface area contributed by atoms with Crippen LogP contribution < -0.4 is 0 Å². The van der Waals surface area contributed by atoms with E-state index in [-0.39, 0.29) is 5.78 Å². The Bertz CT molecular complexity index is 958. The third-order valence-corrected chi connectivity index (χ3v) is 6.14. The Hall–Kier alpha value is -2.34. The molecule has 1 aliphatic rings. The van der Waals surface area contributed by atoms with Gasteiger partial charge in [0.2, 0.25) is 0 Å². The molecule has 0 spiro atoms. The average molecular weight is 396 g/mol. The second-order valence-corrected chi connectivity index (χ2v) is 8.13. The fourth-order valence-corrected chi connectivity index (χ4v) is 4.20. The van der Waals surface area contributed by atoms with Gasteiger partial charge in [0.1, 0.15) is 11.6 Å². The number of benzene rings is 1. The van der Waals surface area contributed by atoms with E-state index in [1.165, 1.54) is 17.3 Å². The van der Waals surface area contributed by atoms with Gasteiger partial charge in [-0.05, 0) is 55.0 Å². The topological polar surface area (TPSA) is 60.9 Å². The first kappa shape index (κ1) is 19.0. The van der Waals surface area contributed by atoms with E-state index in [0.717, 1.165) is 53.6 Å². The monoisotopic (exact) mass is 395 g/mol. The first-order chi connectivity index (χ1) is 13.7. The van der Waals surface area contributed by atoms with E-state index in [0.29, 0.717) is 18.2 Å². The van der Waals surface area contributed by atoms with Crippen LogP contribution in [0.4, 0.5) is 0 Å². The number of nitrogens with zero attached hydrogens (tertiary/aromatic N) is 3. The van der Waals surface area contributed by atoms with Crippen molar-refractivity contribution in [3.05, 3.63) is 64.9 Å². The van der Waals surface area contributed by atoms with Crippen molar-refractivity contribution in [2.45, 2.75) is 57.1 Å². The molecule has 0 unspecified atom stereocenters. The Morgan fingerprint density at radius 3 is 2.75 bits per heavy atom. The van der Waals surface area contributed by atoms with Crippen LogP contribution in [0.3, 0.4) is 0 Å². The fraction of sp³-hybridized carbons (Fsp3) is 0.409. The molecule has 0 atom stereocenters. The second kappa shape index (κ2) is 8.35. The van der Waals surface area contributed by atoms with Gasteiger partial charge in [0, 0.05) is 11.5 Å². The third-order valence-electron chi connectivity index (χ3n) is 5.18. The molecule has 0 radical (unpaired) electrons. The molecule has 1 saturated carbocycles. The Labute approximate surface area is 169 Å². The molecule has 0 aliphatic heterocycles. The SMILES string of the molecule is CCc1ccc(CC)c(C(=O)CSc2nnc(C3CC3)n2Cc2ccco2)c1. The van der Waals surface area contributed by atoms with Crippen molar-refractivity contribution in [2.24, 2.45) is 0 Å². The molecule has 2 heterocycles. The maximum Gasteiger partial charge on any atom is 0.192 e. The summed E-state index contributed by atoms with van der Waals surface area (Å²) < 4.78 is 7.62. The molecule has 2 aromatic heterocycles. The van der Waals surface area contributed by atoms with Gasteiger partial charge in [0.05, 0.1) is 18.6 Å². The van der Waals surface area contributed by atoms with Gasteiger partial charge < -0.3 is 4.42 Å². The third kappa shape index (κ3) is 4.07. The van der Waals surface area contributed by atoms with Crippen molar-refractivity contribution in [3.8, 4) is 0 Å². The molecule has 0 N–H and O–H groups in total. The molecule has 0 saturated heterocycles. The van der Waals surface area contributed by atoms with Crippen LogP contribution in [0.15, 0.2) is 46.2 Å². The van der Waals surface area contributed by atoms with Gasteiger partial charge in [-0.25, -0.2) is 0 Å². The molecule has 4 rings (SSSR count). The molecule has 1 aliphatic carbocycles. The number of hydrogen-bond donors (Lipinski definition) is 0. The van der Waals surface area contributed by atoms with Crippen LogP contribution in [0.5, 0.6) is 0 Å². The number of hydrogen-bond acceptors (Lipinski definition) is 5. The largest absolute Gasteiger partial charge is 0.467 e. The number of ketones is 1. The zero-order valence-corrected chi connectivity index (χ0v) is 17.2. The number of aromatic nitrogens is 3. The van der Waals surface area contributed by atoms with Crippen molar-refractivity contribution >= 4 is 17.5 Å². The Balaban J connectivity index is 1.53. The molecule has 5 nitrogen and oxygen atoms in total. The standard InChI is InChI=1S/C22H25N3O2S/c1-3-15-7-8-16(4-2)19(12-15)20(26)14-28-22-24-23-21(17-9-10-17)25(22)13-18-6-5-11-27-18/h5-8,11-12,17H,3-4,9-10,13-14H2,1-2H3. The highest BCUT2D eigenvalue weighted by molar-refractivity contribution is 7.99. The first-order valence-electron chi connectivity index (χ1n) is 9.92. The van der Waals surface area contributed by atoms with Crippen LogP contribution in [-0.4, -0.2) is 26.3 Å². The predicted molar refractivity (Wildman–Crippen MR) is 110 cm³/mol. The van der Waals surface area contributed by atoms with E-state index in [4.69, 9.17) is 4.42 Å². The maximum atomic E-state index is 13.0. The van der Waals surface area contributed by atoms with Crippen molar-refractivity contribution < 1.29 is 9.21 Å². The highest BCUT2D eigenvalue weighted by atomic mass is 32.2. The van der Waals surface area contributed by atoms with E-state index in [9.17, 15) is 4.79 Å². The van der Waals surface area contributed by atoms with Gasteiger partial charge in [-0.3, -0.25) is 9.36 Å². The fourth-order valence-electron chi connectivity index (χ4n) is 3.38. The summed E-state index contributed by atoms with van der Waals surface area (Å²) in [6, 6.07) is 10.1. The molecule has 3 aromatic rings. The number of carbonyl (C=O) groups excluding carboxylic acids is 1. The molecule has 0 amide bonds. The number of rotatable bonds is 9. The lowest BCUT2D eigenvalue weighted by Crippen LogP contribution is -2.09. The van der Waals surface area contributed by atoms with E-state index in [2.05, 4.69) is 40.7 Å². The molecular weight excluding hydrogens is 370 g/mol. The molecule has 1 aromatic carbocycles. The quantitative estimate of drug-likeness (QED) is 0.381. The van der Waals surface area contributed by atoms with Crippen LogP contribution in [0.2, 0.25) is 0 Å². The van der Waals surface area contributed by atoms with Gasteiger partial charge in [-0.15, -0.1) is 10.2 Å². The summed E-state index contributed by atoms with van der Waals surface area (Å²) in [4.78, 5) is 13.0. The lowest BCUT2D eigenvalue weighted by atomic mass is 9.98. The summed E-state index contributed by atoms with van der Waals surface area (Å²) >= 11 is 1.47. The van der Waals surface area contributed by atoms with Crippen LogP contribution in [0, 0.1) is 0 Å². The molecular formula is C22H25N3O2S. The van der Waals surface area contributed by atoms with Crippen LogP contribution in [0.25, 0.3) is 0 Å². The molecule has 1 fully saturated rings. The molecule has 28 heavy (non-hydrogen) atoms. The summed E-state index contributed by atoms with van der Waals surface area (Å²) in [7, 11) is 0. The first-order valence-corrected chi connectivity index (χ1v) is 10.9. The van der Waals surface area contributed by atoms with Crippen molar-refractivity contribution in [3.63, 3.8) is 0 Å². The van der Waals surface area contributed by atoms with Crippen LogP contribution >= 0.6 is 11.8 Å². The number of Topliss-reactive ketones (excluding diaryl/α,β-unsaturated/α-hetero) is 1. The van der Waals surface area contributed by atoms with Crippen molar-refractivity contribution in [2.75, 3.05) is 5.75 Å². The summed E-state index contributed by atoms with van der Waals surface area (Å²) in [5.74, 6) is 2.88. The van der Waals surface area contributed by atoms with Gasteiger partial charge in [0.25, 0.3) is 0 Å². The molecule has 0 bridgehead atoms. The number of aryl methyl sites for hydroxylation is 2. The smallest absolute Gasteiger partial charge is 0.192 e. The minimum atomic E-state index is 0.151. The van der Waals surface area contributed by atoms with Gasteiger partial charge >= 0.3 is 0 Å². The van der Waals surface area contributed by atoms with Crippen molar-refractivity contribution in [1.29, 1.82) is 0 Å².